The number of hydrogen-bond acceptors (Lipinski definition) is 9. The van der Waals surface area contributed by atoms with Crippen molar-refractivity contribution in [3.05, 3.63) is 48.6 Å². The first-order valence-corrected chi connectivity index (χ1v) is 23.2. The molecule has 324 valence electrons. The van der Waals surface area contributed by atoms with Crippen LogP contribution in [-0.2, 0) is 37.5 Å². The van der Waals surface area contributed by atoms with Crippen LogP contribution in [0.1, 0.15) is 181 Å². The third kappa shape index (κ3) is 38.3. The van der Waals surface area contributed by atoms with Crippen LogP contribution in [0.5, 0.6) is 0 Å². The molecule has 3 atom stereocenters. The summed E-state index contributed by atoms with van der Waals surface area (Å²) in [6.45, 7) is 2.73. The molecule has 0 rings (SSSR count). The minimum atomic E-state index is -4.72. The lowest BCUT2D eigenvalue weighted by Crippen LogP contribution is -2.34. The molecule has 0 aliphatic carbocycles. The van der Waals surface area contributed by atoms with Gasteiger partial charge in [0.2, 0.25) is 0 Å². The van der Waals surface area contributed by atoms with Crippen molar-refractivity contribution < 1.29 is 47.5 Å². The second-order valence-corrected chi connectivity index (χ2v) is 15.9. The number of unbranched alkanes of at least 4 members (excludes halogenated alkanes) is 18. The van der Waals surface area contributed by atoms with E-state index in [1.54, 1.807) is 0 Å². The van der Waals surface area contributed by atoms with E-state index in [1.165, 1.54) is 57.8 Å². The molecule has 11 nitrogen and oxygen atoms in total. The van der Waals surface area contributed by atoms with Crippen molar-refractivity contribution in [1.82, 2.24) is 0 Å². The number of hydrogen-bond donors (Lipinski definition) is 3. The number of phosphoric ester groups is 1. The standard InChI is InChI=1S/C44H78NO10P/c1-3-5-7-9-11-13-15-17-19-20-22-23-25-27-29-31-33-35-42(46)52-37-40(38-53-56(50,51)54-39-41(45)44(48)49)55-43(47)36-34-32-30-28-26-24-21-18-16-14-12-10-8-6-4-2/h11,13,17-19,21-23,40-41H,3-10,12,14-16,20,24-39,45H2,1-2H3,(H,48,49)(H,50,51)/b13-11-,19-17-,21-18-,23-22-/t40-,41+/m1/s1. The average molecular weight is 812 g/mol. The van der Waals surface area contributed by atoms with E-state index in [0.29, 0.717) is 12.8 Å². The van der Waals surface area contributed by atoms with Crippen molar-refractivity contribution in [1.29, 1.82) is 0 Å². The minimum absolute atomic E-state index is 0.145. The topological polar surface area (TPSA) is 172 Å². The summed E-state index contributed by atoms with van der Waals surface area (Å²) < 4.78 is 32.7. The molecule has 0 aromatic heterocycles. The van der Waals surface area contributed by atoms with Gasteiger partial charge in [0, 0.05) is 12.8 Å². The highest BCUT2D eigenvalue weighted by Crippen LogP contribution is 2.43. The summed E-state index contributed by atoms with van der Waals surface area (Å²) in [5.74, 6) is -2.42. The first kappa shape index (κ1) is 53.4. The van der Waals surface area contributed by atoms with E-state index in [-0.39, 0.29) is 19.4 Å². The third-order valence-electron chi connectivity index (χ3n) is 9.05. The van der Waals surface area contributed by atoms with Crippen LogP contribution < -0.4 is 5.73 Å². The number of carbonyl (C=O) groups is 3. The molecule has 0 radical (unpaired) electrons. The van der Waals surface area contributed by atoms with Gasteiger partial charge in [-0.15, -0.1) is 0 Å². The Morgan fingerprint density at radius 3 is 1.46 bits per heavy atom. The van der Waals surface area contributed by atoms with Crippen LogP contribution in [0.3, 0.4) is 0 Å². The summed E-state index contributed by atoms with van der Waals surface area (Å²) in [7, 11) is -4.72. The summed E-state index contributed by atoms with van der Waals surface area (Å²) in [6.07, 6.45) is 43.1. The van der Waals surface area contributed by atoms with Crippen molar-refractivity contribution in [3.8, 4) is 0 Å². The van der Waals surface area contributed by atoms with Crippen molar-refractivity contribution in [3.63, 3.8) is 0 Å². The van der Waals surface area contributed by atoms with Crippen molar-refractivity contribution in [2.75, 3.05) is 19.8 Å². The van der Waals surface area contributed by atoms with Crippen molar-refractivity contribution >= 4 is 25.7 Å². The summed E-state index contributed by atoms with van der Waals surface area (Å²) in [6, 6.07) is -1.53. The molecule has 0 saturated heterocycles. The van der Waals surface area contributed by atoms with Crippen LogP contribution >= 0.6 is 7.82 Å². The third-order valence-corrected chi connectivity index (χ3v) is 10.0. The number of rotatable bonds is 40. The van der Waals surface area contributed by atoms with E-state index in [2.05, 4.69) is 67.0 Å². The molecule has 0 aliphatic heterocycles. The van der Waals surface area contributed by atoms with Gasteiger partial charge in [0.05, 0.1) is 13.2 Å². The van der Waals surface area contributed by atoms with Crippen LogP contribution in [-0.4, -0.2) is 59.9 Å². The molecule has 4 N–H and O–H groups in total. The van der Waals surface area contributed by atoms with Gasteiger partial charge in [-0.25, -0.2) is 4.57 Å². The Hall–Kier alpha value is -2.56. The Morgan fingerprint density at radius 2 is 0.946 bits per heavy atom. The van der Waals surface area contributed by atoms with Gasteiger partial charge >= 0.3 is 25.7 Å². The van der Waals surface area contributed by atoms with Crippen molar-refractivity contribution in [2.24, 2.45) is 5.73 Å². The quantitative estimate of drug-likeness (QED) is 0.0233. The lowest BCUT2D eigenvalue weighted by Gasteiger charge is -2.20. The zero-order valence-corrected chi connectivity index (χ0v) is 35.9. The van der Waals surface area contributed by atoms with Gasteiger partial charge in [0.15, 0.2) is 6.10 Å². The van der Waals surface area contributed by atoms with Gasteiger partial charge in [-0.2, -0.15) is 0 Å². The Balaban J connectivity index is 4.43. The molecular weight excluding hydrogens is 733 g/mol. The second kappa shape index (κ2) is 39.3. The number of carbonyl (C=O) groups excluding carboxylic acids is 2. The number of allylic oxidation sites excluding steroid dienone is 8. The van der Waals surface area contributed by atoms with Gasteiger partial charge in [0.1, 0.15) is 12.6 Å². The van der Waals surface area contributed by atoms with Gasteiger partial charge in [-0.05, 0) is 77.0 Å². The maximum Gasteiger partial charge on any atom is 0.472 e. The van der Waals surface area contributed by atoms with E-state index in [0.717, 1.165) is 83.5 Å². The van der Waals surface area contributed by atoms with E-state index in [4.69, 9.17) is 24.8 Å². The van der Waals surface area contributed by atoms with Crippen LogP contribution in [0.25, 0.3) is 0 Å². The molecule has 0 bridgehead atoms. The van der Waals surface area contributed by atoms with Gasteiger partial charge in [-0.3, -0.25) is 23.4 Å². The fraction of sp³-hybridized carbons (Fsp3) is 0.750. The number of nitrogens with two attached hydrogens (primary N) is 1. The van der Waals surface area contributed by atoms with E-state index < -0.39 is 51.1 Å². The van der Waals surface area contributed by atoms with Gasteiger partial charge in [0.25, 0.3) is 0 Å². The highest BCUT2D eigenvalue weighted by molar-refractivity contribution is 7.47. The van der Waals surface area contributed by atoms with Gasteiger partial charge < -0.3 is 25.2 Å². The monoisotopic (exact) mass is 812 g/mol. The molecule has 56 heavy (non-hydrogen) atoms. The maximum absolute atomic E-state index is 12.6. The van der Waals surface area contributed by atoms with Crippen LogP contribution in [0.15, 0.2) is 48.6 Å². The summed E-state index contributed by atoms with van der Waals surface area (Å²) in [5, 5.41) is 8.88. The molecule has 0 heterocycles. The average Bonchev–Trinajstić information content (AvgIpc) is 3.17. The lowest BCUT2D eigenvalue weighted by molar-refractivity contribution is -0.161. The summed E-state index contributed by atoms with van der Waals surface area (Å²) in [5.41, 5.74) is 5.33. The molecule has 0 spiro atoms. The number of ether oxygens (including phenoxy) is 2. The lowest BCUT2D eigenvalue weighted by atomic mass is 10.1. The Bertz CT molecular complexity index is 1140. The predicted molar refractivity (Wildman–Crippen MR) is 226 cm³/mol. The number of esters is 2. The Kier molecular flexibility index (Phi) is 37.5. The van der Waals surface area contributed by atoms with E-state index >= 15 is 0 Å². The molecule has 0 aromatic rings. The first-order chi connectivity index (χ1) is 27.1. The first-order valence-electron chi connectivity index (χ1n) is 21.7. The molecule has 0 aromatic carbocycles. The van der Waals surface area contributed by atoms with Crippen molar-refractivity contribution in [2.45, 2.75) is 193 Å². The summed E-state index contributed by atoms with van der Waals surface area (Å²) in [4.78, 5) is 45.9. The maximum atomic E-state index is 12.6. The minimum Gasteiger partial charge on any atom is -0.480 e. The van der Waals surface area contributed by atoms with E-state index in [1.807, 2.05) is 0 Å². The zero-order chi connectivity index (χ0) is 41.4. The van der Waals surface area contributed by atoms with Crippen LogP contribution in [0, 0.1) is 0 Å². The number of phosphoric acid groups is 1. The van der Waals surface area contributed by atoms with Crippen LogP contribution in [0.4, 0.5) is 0 Å². The molecule has 0 amide bonds. The molecule has 1 unspecified atom stereocenters. The molecule has 0 aliphatic rings. The number of carboxylic acids is 1. The Morgan fingerprint density at radius 1 is 0.554 bits per heavy atom. The molecule has 0 saturated carbocycles. The SMILES string of the molecule is CCCCC/C=C\C/C=C\C/C=C\CCCCCCC(=O)OC[C@H](COP(=O)(O)OC[C@H](N)C(=O)O)OC(=O)CCCCCCC/C=C\CCCCCCCC. The largest absolute Gasteiger partial charge is 0.480 e. The summed E-state index contributed by atoms with van der Waals surface area (Å²) >= 11 is 0. The van der Waals surface area contributed by atoms with Gasteiger partial charge in [-0.1, -0.05) is 140 Å². The highest BCUT2D eigenvalue weighted by atomic mass is 31.2. The molecule has 12 heteroatoms. The predicted octanol–water partition coefficient (Wildman–Crippen LogP) is 11.4. The fourth-order valence-electron chi connectivity index (χ4n) is 5.59. The molecular formula is C44H78NO10P. The zero-order valence-electron chi connectivity index (χ0n) is 35.0. The number of carboxylic acid groups (broad SMARTS) is 1. The van der Waals surface area contributed by atoms with E-state index in [9.17, 15) is 23.8 Å². The normalized spacial score (nSPS) is 14.2. The second-order valence-electron chi connectivity index (χ2n) is 14.5. The molecule has 0 fully saturated rings. The number of aliphatic carboxylic acids is 1. The smallest absolute Gasteiger partial charge is 0.472 e. The fourth-order valence-corrected chi connectivity index (χ4v) is 6.37. The van der Waals surface area contributed by atoms with Crippen LogP contribution in [0.2, 0.25) is 0 Å². The highest BCUT2D eigenvalue weighted by Gasteiger charge is 2.28. The Labute approximate surface area is 339 Å².